The second-order valence-corrected chi connectivity index (χ2v) is 4.92. The fourth-order valence-electron chi connectivity index (χ4n) is 1.67. The van der Waals surface area contributed by atoms with E-state index in [4.69, 9.17) is 10.5 Å². The Morgan fingerprint density at radius 2 is 2.13 bits per heavy atom. The Morgan fingerprint density at radius 1 is 1.47 bits per heavy atom. The average molecular weight is 234 g/mol. The highest BCUT2D eigenvalue weighted by Crippen LogP contribution is 2.12. The summed E-state index contributed by atoms with van der Waals surface area (Å²) < 4.78 is 5.26. The van der Waals surface area contributed by atoms with E-state index in [9.17, 15) is 0 Å². The van der Waals surface area contributed by atoms with Gasteiger partial charge in [0.15, 0.2) is 0 Å². The third kappa shape index (κ3) is 6.40. The topological polar surface area (TPSA) is 38.5 Å². The van der Waals surface area contributed by atoms with E-state index >= 15 is 0 Å². The summed E-state index contributed by atoms with van der Waals surface area (Å²) >= 11 is 1.89. The van der Waals surface area contributed by atoms with Gasteiger partial charge in [-0.25, -0.2) is 0 Å². The number of rotatable bonds is 9. The molecule has 2 atom stereocenters. The summed E-state index contributed by atoms with van der Waals surface area (Å²) in [7, 11) is 3.95. The number of thioether (sulfide) groups is 1. The molecule has 0 amide bonds. The number of hydrogen-bond acceptors (Lipinski definition) is 4. The van der Waals surface area contributed by atoms with Gasteiger partial charge in [-0.15, -0.1) is 0 Å². The fraction of sp³-hybridized carbons (Fsp3) is 1.00. The van der Waals surface area contributed by atoms with Crippen molar-refractivity contribution in [3.8, 4) is 0 Å². The van der Waals surface area contributed by atoms with Crippen molar-refractivity contribution in [2.75, 3.05) is 39.3 Å². The lowest BCUT2D eigenvalue weighted by Gasteiger charge is -2.32. The summed E-state index contributed by atoms with van der Waals surface area (Å²) in [6.45, 7) is 3.84. The Morgan fingerprint density at radius 3 is 2.60 bits per heavy atom. The first-order chi connectivity index (χ1) is 7.17. The molecule has 15 heavy (non-hydrogen) atoms. The second-order valence-electron chi connectivity index (χ2n) is 4.01. The molecule has 0 aromatic heterocycles. The number of nitrogens with two attached hydrogens (primary N) is 1. The average Bonchev–Trinajstić information content (AvgIpc) is 2.23. The summed E-state index contributed by atoms with van der Waals surface area (Å²) in [5.41, 5.74) is 5.54. The van der Waals surface area contributed by atoms with Crippen LogP contribution in [0.2, 0.25) is 0 Å². The van der Waals surface area contributed by atoms with Crippen LogP contribution in [-0.2, 0) is 4.74 Å². The molecule has 0 rings (SSSR count). The van der Waals surface area contributed by atoms with Crippen LogP contribution in [0, 0.1) is 0 Å². The van der Waals surface area contributed by atoms with E-state index in [-0.39, 0.29) is 0 Å². The molecule has 0 bridgehead atoms. The summed E-state index contributed by atoms with van der Waals surface area (Å²) in [4.78, 5) is 2.41. The molecule has 92 valence electrons. The minimum atomic E-state index is 0.501. The molecule has 0 aromatic rings. The Kier molecular flexibility index (Phi) is 9.60. The quantitative estimate of drug-likeness (QED) is 0.655. The minimum Gasteiger partial charge on any atom is -0.383 e. The minimum absolute atomic E-state index is 0.501. The Labute approximate surface area is 98.7 Å². The number of likely N-dealkylation sites (N-methyl/N-ethyl adjacent to an activating group) is 1. The molecular weight excluding hydrogens is 208 g/mol. The van der Waals surface area contributed by atoms with Gasteiger partial charge in [0.2, 0.25) is 0 Å². The molecule has 0 saturated heterocycles. The molecule has 0 heterocycles. The largest absolute Gasteiger partial charge is 0.383 e. The van der Waals surface area contributed by atoms with Gasteiger partial charge in [0.25, 0.3) is 0 Å². The Bertz CT molecular complexity index is 147. The van der Waals surface area contributed by atoms with E-state index in [2.05, 4.69) is 25.1 Å². The fourth-order valence-corrected chi connectivity index (χ4v) is 2.39. The third-order valence-electron chi connectivity index (χ3n) is 2.78. The molecule has 2 unspecified atom stereocenters. The van der Waals surface area contributed by atoms with Crippen LogP contribution >= 0.6 is 11.8 Å². The number of ether oxygens (including phenoxy) is 1. The first-order valence-corrected chi connectivity index (χ1v) is 6.96. The normalized spacial score (nSPS) is 15.6. The zero-order valence-corrected chi connectivity index (χ0v) is 11.3. The maximum Gasteiger partial charge on any atom is 0.0618 e. The molecule has 4 heteroatoms. The molecule has 0 saturated carbocycles. The van der Waals surface area contributed by atoms with Crippen LogP contribution in [0.1, 0.15) is 19.8 Å². The van der Waals surface area contributed by atoms with Crippen LogP contribution in [0.25, 0.3) is 0 Å². The SMILES string of the molecule is COCC(CCCN)N(C)C(C)CSC. The summed E-state index contributed by atoms with van der Waals surface area (Å²) in [6, 6.07) is 1.10. The lowest BCUT2D eigenvalue weighted by Crippen LogP contribution is -2.42. The molecule has 3 nitrogen and oxygen atoms in total. The van der Waals surface area contributed by atoms with Gasteiger partial charge < -0.3 is 10.5 Å². The lowest BCUT2D eigenvalue weighted by atomic mass is 10.1. The van der Waals surface area contributed by atoms with Crippen molar-refractivity contribution in [3.05, 3.63) is 0 Å². The van der Waals surface area contributed by atoms with Gasteiger partial charge in [-0.05, 0) is 39.6 Å². The summed E-state index contributed by atoms with van der Waals surface area (Å²) in [5, 5.41) is 0. The van der Waals surface area contributed by atoms with Crippen LogP contribution in [-0.4, -0.2) is 56.3 Å². The van der Waals surface area contributed by atoms with Crippen molar-refractivity contribution < 1.29 is 4.74 Å². The molecule has 0 fully saturated rings. The highest BCUT2D eigenvalue weighted by atomic mass is 32.2. The van der Waals surface area contributed by atoms with Crippen LogP contribution in [0.3, 0.4) is 0 Å². The number of methoxy groups -OCH3 is 1. The van der Waals surface area contributed by atoms with E-state index in [1.165, 1.54) is 5.75 Å². The molecule has 2 N–H and O–H groups in total. The van der Waals surface area contributed by atoms with Crippen molar-refractivity contribution in [1.29, 1.82) is 0 Å². The van der Waals surface area contributed by atoms with E-state index in [1.807, 2.05) is 11.8 Å². The van der Waals surface area contributed by atoms with E-state index in [1.54, 1.807) is 7.11 Å². The van der Waals surface area contributed by atoms with Crippen molar-refractivity contribution >= 4 is 11.8 Å². The Hall–Kier alpha value is 0.230. The van der Waals surface area contributed by atoms with Gasteiger partial charge in [0, 0.05) is 24.9 Å². The predicted octanol–water partition coefficient (Wildman–Crippen LogP) is 1.42. The predicted molar refractivity (Wildman–Crippen MR) is 69.6 cm³/mol. The van der Waals surface area contributed by atoms with Gasteiger partial charge in [0.1, 0.15) is 0 Å². The van der Waals surface area contributed by atoms with Crippen LogP contribution in [0.15, 0.2) is 0 Å². The van der Waals surface area contributed by atoms with Gasteiger partial charge >= 0.3 is 0 Å². The standard InChI is InChI=1S/C11H26N2OS/c1-10(9-15-4)13(2)11(8-14-3)6-5-7-12/h10-11H,5-9,12H2,1-4H3. The van der Waals surface area contributed by atoms with E-state index in [0.29, 0.717) is 12.1 Å². The van der Waals surface area contributed by atoms with Crippen LogP contribution < -0.4 is 5.73 Å². The van der Waals surface area contributed by atoms with E-state index < -0.39 is 0 Å². The van der Waals surface area contributed by atoms with Crippen molar-refractivity contribution in [2.45, 2.75) is 31.8 Å². The van der Waals surface area contributed by atoms with Gasteiger partial charge in [-0.2, -0.15) is 11.8 Å². The number of nitrogens with zero attached hydrogens (tertiary/aromatic N) is 1. The van der Waals surface area contributed by atoms with Crippen molar-refractivity contribution in [2.24, 2.45) is 5.73 Å². The van der Waals surface area contributed by atoms with Crippen LogP contribution in [0.4, 0.5) is 0 Å². The first kappa shape index (κ1) is 15.2. The summed E-state index contributed by atoms with van der Waals surface area (Å²) in [6.07, 6.45) is 4.35. The molecule has 0 aliphatic rings. The molecular formula is C11H26N2OS. The van der Waals surface area contributed by atoms with Crippen molar-refractivity contribution in [3.63, 3.8) is 0 Å². The molecule has 0 aliphatic heterocycles. The third-order valence-corrected chi connectivity index (χ3v) is 3.60. The second kappa shape index (κ2) is 9.46. The highest BCUT2D eigenvalue weighted by Gasteiger charge is 2.18. The van der Waals surface area contributed by atoms with Gasteiger partial charge in [-0.3, -0.25) is 4.90 Å². The zero-order chi connectivity index (χ0) is 11.7. The number of hydrogen-bond donors (Lipinski definition) is 1. The molecule has 0 aliphatic carbocycles. The lowest BCUT2D eigenvalue weighted by molar-refractivity contribution is 0.0843. The summed E-state index contributed by atoms with van der Waals surface area (Å²) in [5.74, 6) is 1.17. The van der Waals surface area contributed by atoms with Gasteiger partial charge in [-0.1, -0.05) is 0 Å². The molecule has 0 spiro atoms. The smallest absolute Gasteiger partial charge is 0.0618 e. The maximum atomic E-state index is 5.54. The van der Waals surface area contributed by atoms with E-state index in [0.717, 1.165) is 26.0 Å². The van der Waals surface area contributed by atoms with Gasteiger partial charge in [0.05, 0.1) is 6.61 Å². The first-order valence-electron chi connectivity index (χ1n) is 5.57. The Balaban J connectivity index is 4.06. The maximum absolute atomic E-state index is 5.54. The zero-order valence-electron chi connectivity index (χ0n) is 10.5. The molecule has 0 radical (unpaired) electrons. The monoisotopic (exact) mass is 234 g/mol. The highest BCUT2D eigenvalue weighted by molar-refractivity contribution is 7.98. The van der Waals surface area contributed by atoms with Crippen molar-refractivity contribution in [1.82, 2.24) is 4.90 Å². The molecule has 0 aromatic carbocycles. The van der Waals surface area contributed by atoms with Crippen LogP contribution in [0.5, 0.6) is 0 Å².